The molecule has 1 N–H and O–H groups in total. The number of hydrogen-bond acceptors (Lipinski definition) is 5. The maximum atomic E-state index is 12.6. The van der Waals surface area contributed by atoms with E-state index < -0.39 is 17.7 Å². The molecule has 0 aliphatic heterocycles. The molecule has 0 radical (unpaired) electrons. The first-order valence-corrected chi connectivity index (χ1v) is 7.40. The molecule has 2 heterocycles. The highest BCUT2D eigenvalue weighted by Gasteiger charge is 2.29. The number of rotatable bonds is 3. The fraction of sp³-hybridized carbons (Fsp3) is 0.250. The Morgan fingerprint density at radius 3 is 2.50 bits per heavy atom. The predicted molar refractivity (Wildman–Crippen MR) is 88.8 cm³/mol. The molecule has 1 amide bonds. The van der Waals surface area contributed by atoms with Crippen LogP contribution in [0.1, 0.15) is 31.1 Å². The number of carbonyl (C=O) groups is 2. The van der Waals surface area contributed by atoms with Gasteiger partial charge in [0.1, 0.15) is 16.3 Å². The zero-order valence-corrected chi connectivity index (χ0v) is 14.1. The third-order valence-electron chi connectivity index (χ3n) is 2.76. The lowest BCUT2D eigenvalue weighted by atomic mass is 10.2. The molecule has 24 heavy (non-hydrogen) atoms. The minimum absolute atomic E-state index is 0.0486. The maximum Gasteiger partial charge on any atom is 0.420 e. The Bertz CT molecular complexity index is 760. The number of halogens is 1. The molecule has 0 unspecified atom stereocenters. The van der Waals surface area contributed by atoms with E-state index in [4.69, 9.17) is 16.3 Å². The molecular formula is C16H16ClN3O4. The lowest BCUT2D eigenvalue weighted by Gasteiger charge is -2.27. The summed E-state index contributed by atoms with van der Waals surface area (Å²) in [6.07, 6.45) is 2.14. The fourth-order valence-electron chi connectivity index (χ4n) is 1.87. The Morgan fingerprint density at radius 2 is 1.96 bits per heavy atom. The molecule has 0 atom stereocenters. The van der Waals surface area contributed by atoms with E-state index in [9.17, 15) is 14.7 Å². The Labute approximate surface area is 143 Å². The van der Waals surface area contributed by atoms with E-state index >= 15 is 0 Å². The van der Waals surface area contributed by atoms with Crippen molar-refractivity contribution in [3.63, 3.8) is 0 Å². The molecule has 2 aromatic rings. The zero-order chi connectivity index (χ0) is 17.9. The van der Waals surface area contributed by atoms with Gasteiger partial charge >= 0.3 is 12.1 Å². The van der Waals surface area contributed by atoms with Crippen LogP contribution in [0, 0.1) is 0 Å². The van der Waals surface area contributed by atoms with Gasteiger partial charge in [-0.25, -0.2) is 19.5 Å². The number of carboxylic acids is 1. The second-order valence-electron chi connectivity index (χ2n) is 5.84. The number of carbonyl (C=O) groups excluding carboxylic acids is 1. The third-order valence-corrected chi connectivity index (χ3v) is 2.97. The van der Waals surface area contributed by atoms with Crippen molar-refractivity contribution >= 4 is 35.2 Å². The van der Waals surface area contributed by atoms with Crippen LogP contribution in [0.5, 0.6) is 0 Å². The number of aromatic nitrogens is 2. The summed E-state index contributed by atoms with van der Waals surface area (Å²) in [6, 6.07) is 5.81. The number of anilines is 2. The Kier molecular flexibility index (Phi) is 5.04. The Hall–Kier alpha value is -2.67. The van der Waals surface area contributed by atoms with Gasteiger partial charge in [0, 0.05) is 6.20 Å². The summed E-state index contributed by atoms with van der Waals surface area (Å²) in [4.78, 5) is 33.1. The first kappa shape index (κ1) is 17.7. The highest BCUT2D eigenvalue weighted by molar-refractivity contribution is 6.29. The number of aromatic carboxylic acids is 1. The summed E-state index contributed by atoms with van der Waals surface area (Å²) in [5.74, 6) is -1.39. The topological polar surface area (TPSA) is 92.6 Å². The fourth-order valence-corrected chi connectivity index (χ4v) is 2.01. The zero-order valence-electron chi connectivity index (χ0n) is 13.4. The summed E-state index contributed by atoms with van der Waals surface area (Å²) in [5.41, 5.74) is -0.655. The van der Waals surface area contributed by atoms with Gasteiger partial charge in [-0.3, -0.25) is 4.98 Å². The molecule has 0 fully saturated rings. The van der Waals surface area contributed by atoms with Crippen LogP contribution in [-0.4, -0.2) is 32.7 Å². The van der Waals surface area contributed by atoms with E-state index in [0.29, 0.717) is 5.69 Å². The summed E-state index contributed by atoms with van der Waals surface area (Å²) >= 11 is 5.89. The van der Waals surface area contributed by atoms with Crippen LogP contribution < -0.4 is 4.90 Å². The minimum atomic E-state index is -1.24. The van der Waals surface area contributed by atoms with Crippen molar-refractivity contribution in [1.82, 2.24) is 9.97 Å². The SMILES string of the molecule is CC(C)(C)OC(=O)N(c1cccnc1)c1nc(Cl)ccc1C(=O)O. The largest absolute Gasteiger partial charge is 0.478 e. The van der Waals surface area contributed by atoms with Crippen LogP contribution in [0.4, 0.5) is 16.3 Å². The van der Waals surface area contributed by atoms with E-state index in [1.54, 1.807) is 32.9 Å². The van der Waals surface area contributed by atoms with Crippen LogP contribution in [0.15, 0.2) is 36.7 Å². The van der Waals surface area contributed by atoms with Gasteiger partial charge in [0.25, 0.3) is 0 Å². The molecular weight excluding hydrogens is 334 g/mol. The highest BCUT2D eigenvalue weighted by atomic mass is 35.5. The summed E-state index contributed by atoms with van der Waals surface area (Å²) in [6.45, 7) is 5.11. The minimum Gasteiger partial charge on any atom is -0.478 e. The highest BCUT2D eigenvalue weighted by Crippen LogP contribution is 2.29. The van der Waals surface area contributed by atoms with Crippen molar-refractivity contribution in [2.45, 2.75) is 26.4 Å². The Morgan fingerprint density at radius 1 is 1.25 bits per heavy atom. The van der Waals surface area contributed by atoms with Gasteiger partial charge in [0.05, 0.1) is 11.9 Å². The van der Waals surface area contributed by atoms with Crippen LogP contribution in [0.2, 0.25) is 5.15 Å². The monoisotopic (exact) mass is 349 g/mol. The molecule has 0 bridgehead atoms. The molecule has 2 rings (SSSR count). The average molecular weight is 350 g/mol. The molecule has 126 valence electrons. The van der Waals surface area contributed by atoms with Crippen molar-refractivity contribution in [2.24, 2.45) is 0 Å². The van der Waals surface area contributed by atoms with Crippen LogP contribution >= 0.6 is 11.6 Å². The van der Waals surface area contributed by atoms with Crippen molar-refractivity contribution in [1.29, 1.82) is 0 Å². The molecule has 0 aliphatic carbocycles. The van der Waals surface area contributed by atoms with E-state index in [1.165, 1.54) is 24.5 Å². The molecule has 8 heteroatoms. The number of amides is 1. The lowest BCUT2D eigenvalue weighted by molar-refractivity contribution is 0.0598. The van der Waals surface area contributed by atoms with Gasteiger partial charge in [-0.2, -0.15) is 0 Å². The van der Waals surface area contributed by atoms with Gasteiger partial charge in [-0.1, -0.05) is 11.6 Å². The maximum absolute atomic E-state index is 12.6. The second-order valence-corrected chi connectivity index (χ2v) is 6.22. The molecule has 0 saturated carbocycles. The average Bonchev–Trinajstić information content (AvgIpc) is 2.46. The second kappa shape index (κ2) is 6.84. The quantitative estimate of drug-likeness (QED) is 0.845. The third kappa shape index (κ3) is 4.20. The van der Waals surface area contributed by atoms with Crippen molar-refractivity contribution in [2.75, 3.05) is 4.90 Å². The van der Waals surface area contributed by atoms with Crippen molar-refractivity contribution in [3.05, 3.63) is 47.4 Å². The Balaban J connectivity index is 2.61. The van der Waals surface area contributed by atoms with E-state index in [2.05, 4.69) is 9.97 Å². The van der Waals surface area contributed by atoms with E-state index in [1.807, 2.05) is 0 Å². The van der Waals surface area contributed by atoms with Gasteiger partial charge < -0.3 is 9.84 Å². The predicted octanol–water partition coefficient (Wildman–Crippen LogP) is 3.90. The number of hydrogen-bond donors (Lipinski definition) is 1. The van der Waals surface area contributed by atoms with Crippen LogP contribution in [-0.2, 0) is 4.74 Å². The standard InChI is InChI=1S/C16H16ClN3O4/c1-16(2,3)24-15(23)20(10-5-4-8-18-9-10)13-11(14(21)22)6-7-12(17)19-13/h4-9H,1-3H3,(H,21,22). The van der Waals surface area contributed by atoms with E-state index in [-0.39, 0.29) is 16.5 Å². The van der Waals surface area contributed by atoms with Crippen LogP contribution in [0.3, 0.4) is 0 Å². The van der Waals surface area contributed by atoms with Gasteiger partial charge in [-0.15, -0.1) is 0 Å². The number of nitrogens with zero attached hydrogens (tertiary/aromatic N) is 3. The van der Waals surface area contributed by atoms with E-state index in [0.717, 1.165) is 4.90 Å². The molecule has 0 aromatic carbocycles. The van der Waals surface area contributed by atoms with Gasteiger partial charge in [0.2, 0.25) is 0 Å². The van der Waals surface area contributed by atoms with Crippen molar-refractivity contribution < 1.29 is 19.4 Å². The lowest BCUT2D eigenvalue weighted by Crippen LogP contribution is -2.35. The number of ether oxygens (including phenoxy) is 1. The van der Waals surface area contributed by atoms with Gasteiger partial charge in [0.15, 0.2) is 5.82 Å². The summed E-state index contributed by atoms with van der Waals surface area (Å²) in [7, 11) is 0. The number of pyridine rings is 2. The number of carboxylic acid groups (broad SMARTS) is 1. The van der Waals surface area contributed by atoms with Crippen molar-refractivity contribution in [3.8, 4) is 0 Å². The van der Waals surface area contributed by atoms with Crippen LogP contribution in [0.25, 0.3) is 0 Å². The molecule has 0 aliphatic rings. The summed E-state index contributed by atoms with van der Waals surface area (Å²) in [5, 5.41) is 9.44. The first-order valence-electron chi connectivity index (χ1n) is 7.02. The molecule has 7 nitrogen and oxygen atoms in total. The van der Waals surface area contributed by atoms with Gasteiger partial charge in [-0.05, 0) is 45.0 Å². The normalized spacial score (nSPS) is 11.0. The summed E-state index contributed by atoms with van der Waals surface area (Å²) < 4.78 is 5.37. The smallest absolute Gasteiger partial charge is 0.420 e. The molecule has 0 saturated heterocycles. The molecule has 0 spiro atoms. The molecule has 2 aromatic heterocycles. The first-order chi connectivity index (χ1) is 11.2.